The van der Waals surface area contributed by atoms with E-state index < -0.39 is 0 Å². The van der Waals surface area contributed by atoms with E-state index in [0.29, 0.717) is 0 Å². The average molecular weight is 308 g/mol. The Hall–Kier alpha value is 1.46. The topological polar surface area (TPSA) is 0 Å². The first-order valence-electron chi connectivity index (χ1n) is 2.09. The fourth-order valence-electron chi connectivity index (χ4n) is 0.419. The smallest absolute Gasteiger partial charge is 0.0228 e. The number of rotatable bonds is 0. The minimum atomic E-state index is 0.989. The van der Waals surface area contributed by atoms with Crippen molar-refractivity contribution in [2.45, 2.75) is 20.7 Å². The zero-order valence-corrected chi connectivity index (χ0v) is 7.64. The van der Waals surface area contributed by atoms with E-state index in [-0.39, 0.29) is 0 Å². The molecule has 2 unspecified atom stereocenters. The summed E-state index contributed by atoms with van der Waals surface area (Å²) >= 11 is 5.02. The zero-order chi connectivity index (χ0) is 4.57. The first kappa shape index (κ1) is 5.59. The van der Waals surface area contributed by atoms with Gasteiger partial charge in [0.2, 0.25) is 0 Å². The first-order valence-corrected chi connectivity index (χ1v) is 4.58. The summed E-state index contributed by atoms with van der Waals surface area (Å²) in [7, 11) is 0. The molecule has 2 atom stereocenters. The van der Waals surface area contributed by atoms with E-state index in [2.05, 4.69) is 45.2 Å². The molecular formula is C4H6I2. The quantitative estimate of drug-likeness (QED) is 0.476. The van der Waals surface area contributed by atoms with Gasteiger partial charge in [0, 0.05) is 7.85 Å². The van der Waals surface area contributed by atoms with Gasteiger partial charge in [-0.3, -0.25) is 0 Å². The molecule has 0 spiro atoms. The average Bonchev–Trinajstić information content (AvgIpc) is 1.61. The van der Waals surface area contributed by atoms with Crippen LogP contribution in [0.3, 0.4) is 0 Å². The Kier molecular flexibility index (Phi) is 2.01. The molecule has 1 aliphatic rings. The Labute approximate surface area is 65.4 Å². The number of hydrogen-bond acceptors (Lipinski definition) is 0. The van der Waals surface area contributed by atoms with Crippen LogP contribution in [-0.4, -0.2) is 7.85 Å². The highest BCUT2D eigenvalue weighted by molar-refractivity contribution is 14.1. The van der Waals surface area contributed by atoms with Crippen LogP contribution in [0.4, 0.5) is 0 Å². The van der Waals surface area contributed by atoms with Gasteiger partial charge in [-0.25, -0.2) is 0 Å². The van der Waals surface area contributed by atoms with Gasteiger partial charge in [-0.15, -0.1) is 0 Å². The summed E-state index contributed by atoms with van der Waals surface area (Å²) in [6.45, 7) is 0. The van der Waals surface area contributed by atoms with Crippen molar-refractivity contribution < 1.29 is 0 Å². The first-order chi connectivity index (χ1) is 2.80. The molecule has 1 rings (SSSR count). The number of hydrogen-bond donors (Lipinski definition) is 0. The van der Waals surface area contributed by atoms with E-state index in [9.17, 15) is 0 Å². The molecule has 1 saturated carbocycles. The van der Waals surface area contributed by atoms with Crippen molar-refractivity contribution in [1.82, 2.24) is 0 Å². The van der Waals surface area contributed by atoms with Crippen molar-refractivity contribution in [3.8, 4) is 0 Å². The monoisotopic (exact) mass is 308 g/mol. The molecule has 2 heteroatoms. The second kappa shape index (κ2) is 2.15. The Bertz CT molecular complexity index is 45.5. The molecule has 0 aromatic carbocycles. The van der Waals surface area contributed by atoms with E-state index in [1.807, 2.05) is 0 Å². The molecule has 36 valence electrons. The summed E-state index contributed by atoms with van der Waals surface area (Å²) in [6, 6.07) is 0. The summed E-state index contributed by atoms with van der Waals surface area (Å²) in [5, 5.41) is 0. The molecule has 0 aromatic heterocycles. The normalized spacial score (nSPS) is 45.0. The van der Waals surface area contributed by atoms with Gasteiger partial charge in [0.1, 0.15) is 0 Å². The lowest BCUT2D eigenvalue weighted by Gasteiger charge is -2.26. The van der Waals surface area contributed by atoms with Crippen molar-refractivity contribution >= 4 is 45.2 Å². The van der Waals surface area contributed by atoms with E-state index in [0.717, 1.165) is 7.85 Å². The van der Waals surface area contributed by atoms with Crippen LogP contribution in [0.15, 0.2) is 0 Å². The molecule has 0 amide bonds. The zero-order valence-electron chi connectivity index (χ0n) is 3.32. The Morgan fingerprint density at radius 2 is 1.33 bits per heavy atom. The molecule has 0 saturated heterocycles. The number of halogens is 2. The van der Waals surface area contributed by atoms with Crippen LogP contribution in [0.5, 0.6) is 0 Å². The van der Waals surface area contributed by atoms with Gasteiger partial charge >= 0.3 is 0 Å². The van der Waals surface area contributed by atoms with Gasteiger partial charge in [0.05, 0.1) is 0 Å². The third-order valence-corrected chi connectivity index (χ3v) is 5.47. The maximum absolute atomic E-state index is 2.51. The predicted octanol–water partition coefficient (Wildman–Crippen LogP) is 2.39. The molecule has 6 heavy (non-hydrogen) atoms. The lowest BCUT2D eigenvalue weighted by atomic mass is 10.0. The lowest BCUT2D eigenvalue weighted by molar-refractivity contribution is 0.578. The second-order valence-electron chi connectivity index (χ2n) is 1.61. The maximum Gasteiger partial charge on any atom is 0.0228 e. The van der Waals surface area contributed by atoms with Crippen molar-refractivity contribution in [1.29, 1.82) is 0 Å². The van der Waals surface area contributed by atoms with E-state index in [1.54, 1.807) is 0 Å². The Morgan fingerprint density at radius 3 is 1.33 bits per heavy atom. The highest BCUT2D eigenvalue weighted by Crippen LogP contribution is 2.33. The van der Waals surface area contributed by atoms with Gasteiger partial charge < -0.3 is 0 Å². The second-order valence-corrected chi connectivity index (χ2v) is 4.81. The van der Waals surface area contributed by atoms with Gasteiger partial charge in [-0.05, 0) is 12.8 Å². The van der Waals surface area contributed by atoms with Gasteiger partial charge in [-0.1, -0.05) is 45.2 Å². The van der Waals surface area contributed by atoms with Crippen LogP contribution in [0, 0.1) is 0 Å². The third kappa shape index (κ3) is 0.993. The highest BCUT2D eigenvalue weighted by atomic mass is 127. The van der Waals surface area contributed by atoms with Crippen molar-refractivity contribution in [2.24, 2.45) is 0 Å². The largest absolute Gasteiger partial charge is 0.0815 e. The standard InChI is InChI=1S/C4H6I2/c5-3-1-2-4(3)6/h3-4H,1-2H2. The fraction of sp³-hybridized carbons (Fsp3) is 1.00. The lowest BCUT2D eigenvalue weighted by Crippen LogP contribution is -2.24. The summed E-state index contributed by atoms with van der Waals surface area (Å²) in [5.41, 5.74) is 0. The van der Waals surface area contributed by atoms with Gasteiger partial charge in [-0.2, -0.15) is 0 Å². The molecule has 0 nitrogen and oxygen atoms in total. The van der Waals surface area contributed by atoms with Crippen LogP contribution in [0.25, 0.3) is 0 Å². The summed E-state index contributed by atoms with van der Waals surface area (Å²) < 4.78 is 1.98. The number of alkyl halides is 2. The molecule has 0 aromatic rings. The molecule has 0 N–H and O–H groups in total. The van der Waals surface area contributed by atoms with Crippen LogP contribution in [0.2, 0.25) is 0 Å². The summed E-state index contributed by atoms with van der Waals surface area (Å²) in [4.78, 5) is 0. The highest BCUT2D eigenvalue weighted by Gasteiger charge is 2.24. The third-order valence-electron chi connectivity index (χ3n) is 1.11. The minimum Gasteiger partial charge on any atom is -0.0815 e. The van der Waals surface area contributed by atoms with Crippen molar-refractivity contribution in [2.75, 3.05) is 0 Å². The van der Waals surface area contributed by atoms with Crippen molar-refractivity contribution in [3.63, 3.8) is 0 Å². The molecule has 0 aliphatic heterocycles. The molecular weight excluding hydrogens is 302 g/mol. The van der Waals surface area contributed by atoms with Crippen LogP contribution < -0.4 is 0 Å². The maximum atomic E-state index is 2.51. The SMILES string of the molecule is IC1CCC1I. The van der Waals surface area contributed by atoms with E-state index in [1.165, 1.54) is 12.8 Å². The minimum absolute atomic E-state index is 0.989. The molecule has 0 radical (unpaired) electrons. The molecule has 1 fully saturated rings. The van der Waals surface area contributed by atoms with E-state index >= 15 is 0 Å². The van der Waals surface area contributed by atoms with Crippen LogP contribution in [-0.2, 0) is 0 Å². The molecule has 0 heterocycles. The summed E-state index contributed by atoms with van der Waals surface area (Å²) in [5.74, 6) is 0. The van der Waals surface area contributed by atoms with Gasteiger partial charge in [0.15, 0.2) is 0 Å². The predicted molar refractivity (Wildman–Crippen MR) is 44.9 cm³/mol. The van der Waals surface area contributed by atoms with Gasteiger partial charge in [0.25, 0.3) is 0 Å². The Balaban J connectivity index is 2.20. The van der Waals surface area contributed by atoms with E-state index in [4.69, 9.17) is 0 Å². The summed E-state index contributed by atoms with van der Waals surface area (Å²) in [6.07, 6.45) is 2.91. The van der Waals surface area contributed by atoms with Crippen LogP contribution in [0.1, 0.15) is 12.8 Å². The van der Waals surface area contributed by atoms with Crippen LogP contribution >= 0.6 is 45.2 Å². The molecule has 1 aliphatic carbocycles. The fourth-order valence-corrected chi connectivity index (χ4v) is 1.86. The Morgan fingerprint density at radius 1 is 1.00 bits per heavy atom. The molecule has 0 bridgehead atoms. The van der Waals surface area contributed by atoms with Crippen molar-refractivity contribution in [3.05, 3.63) is 0 Å².